The zero-order chi connectivity index (χ0) is 17.2. The number of benzene rings is 1. The largest absolute Gasteiger partial charge is 0.497 e. The molecule has 25 heavy (non-hydrogen) atoms. The normalized spacial score (nSPS) is 24.0. The maximum absolute atomic E-state index is 5.63. The highest BCUT2D eigenvalue weighted by Gasteiger charge is 2.33. The lowest BCUT2D eigenvalue weighted by Crippen LogP contribution is -2.47. The minimum Gasteiger partial charge on any atom is -0.497 e. The summed E-state index contributed by atoms with van der Waals surface area (Å²) in [6.07, 6.45) is 8.09. The second-order valence-corrected chi connectivity index (χ2v) is 7.44. The maximum Gasteiger partial charge on any atom is 0.221 e. The molecule has 2 fully saturated rings. The third-order valence-corrected chi connectivity index (χ3v) is 6.01. The molecule has 1 aliphatic carbocycles. The van der Waals surface area contributed by atoms with E-state index in [1.54, 1.807) is 11.8 Å². The van der Waals surface area contributed by atoms with Crippen LogP contribution in [0.25, 0.3) is 5.69 Å². The van der Waals surface area contributed by atoms with Gasteiger partial charge in [-0.1, -0.05) is 12.8 Å². The van der Waals surface area contributed by atoms with Gasteiger partial charge in [0.1, 0.15) is 5.75 Å². The summed E-state index contributed by atoms with van der Waals surface area (Å²) in [7, 11) is 1.66. The SMILES string of the molecule is COc1ccc(-n2nnn(CN3CCC[C@@H]4CCCC[C@@H]43)c2=S)cc1. The summed E-state index contributed by atoms with van der Waals surface area (Å²) < 4.78 is 9.43. The van der Waals surface area contributed by atoms with E-state index < -0.39 is 0 Å². The molecule has 0 bridgehead atoms. The molecule has 2 aromatic rings. The van der Waals surface area contributed by atoms with Gasteiger partial charge in [0.15, 0.2) is 0 Å². The van der Waals surface area contributed by atoms with Crippen molar-refractivity contribution in [2.45, 2.75) is 51.2 Å². The van der Waals surface area contributed by atoms with Gasteiger partial charge in [0.2, 0.25) is 4.77 Å². The summed E-state index contributed by atoms with van der Waals surface area (Å²) >= 11 is 5.63. The van der Waals surface area contributed by atoms with Crippen LogP contribution in [-0.4, -0.2) is 44.4 Å². The van der Waals surface area contributed by atoms with E-state index in [9.17, 15) is 0 Å². The molecule has 0 N–H and O–H groups in total. The number of rotatable bonds is 4. The number of methoxy groups -OCH3 is 1. The summed E-state index contributed by atoms with van der Waals surface area (Å²) in [6.45, 7) is 1.88. The fourth-order valence-corrected chi connectivity index (χ4v) is 4.56. The van der Waals surface area contributed by atoms with E-state index in [4.69, 9.17) is 17.0 Å². The Labute approximate surface area is 153 Å². The first-order valence-corrected chi connectivity index (χ1v) is 9.58. The number of aromatic nitrogens is 4. The van der Waals surface area contributed by atoms with Crippen molar-refractivity contribution in [2.75, 3.05) is 13.7 Å². The van der Waals surface area contributed by atoms with E-state index >= 15 is 0 Å². The molecule has 1 aromatic carbocycles. The second kappa shape index (κ2) is 7.25. The van der Waals surface area contributed by atoms with Crippen molar-refractivity contribution in [3.63, 3.8) is 0 Å². The first kappa shape index (κ1) is 16.7. The van der Waals surface area contributed by atoms with Crippen molar-refractivity contribution in [1.29, 1.82) is 0 Å². The Kier molecular flexibility index (Phi) is 4.85. The number of hydrogen-bond acceptors (Lipinski definition) is 5. The van der Waals surface area contributed by atoms with Gasteiger partial charge in [0.25, 0.3) is 0 Å². The minimum absolute atomic E-state index is 0.642. The van der Waals surface area contributed by atoms with Gasteiger partial charge in [-0.05, 0) is 78.5 Å². The van der Waals surface area contributed by atoms with Gasteiger partial charge in [-0.3, -0.25) is 4.90 Å². The molecule has 1 saturated heterocycles. The molecule has 2 aliphatic rings. The molecule has 0 spiro atoms. The van der Waals surface area contributed by atoms with Crippen molar-refractivity contribution < 1.29 is 4.74 Å². The van der Waals surface area contributed by atoms with Gasteiger partial charge in [0.05, 0.1) is 19.5 Å². The van der Waals surface area contributed by atoms with Crippen LogP contribution in [0.5, 0.6) is 5.75 Å². The lowest BCUT2D eigenvalue weighted by Gasteiger charge is -2.43. The fourth-order valence-electron chi connectivity index (χ4n) is 4.32. The van der Waals surface area contributed by atoms with Crippen LogP contribution in [-0.2, 0) is 6.67 Å². The van der Waals surface area contributed by atoms with E-state index in [-0.39, 0.29) is 0 Å². The molecular weight excluding hydrogens is 334 g/mol. The van der Waals surface area contributed by atoms with Gasteiger partial charge >= 0.3 is 0 Å². The van der Waals surface area contributed by atoms with Crippen LogP contribution in [0.1, 0.15) is 38.5 Å². The lowest BCUT2D eigenvalue weighted by molar-refractivity contribution is 0.0319. The van der Waals surface area contributed by atoms with Crippen LogP contribution in [0.4, 0.5) is 0 Å². The Morgan fingerprint density at radius 3 is 2.64 bits per heavy atom. The van der Waals surface area contributed by atoms with Crippen LogP contribution in [0.3, 0.4) is 0 Å². The Hall–Kier alpha value is -1.73. The zero-order valence-electron chi connectivity index (χ0n) is 14.7. The predicted octanol–water partition coefficient (Wildman–Crippen LogP) is 3.42. The van der Waals surface area contributed by atoms with Crippen molar-refractivity contribution in [1.82, 2.24) is 24.7 Å². The highest BCUT2D eigenvalue weighted by molar-refractivity contribution is 7.71. The third-order valence-electron chi connectivity index (χ3n) is 5.63. The van der Waals surface area contributed by atoms with E-state index in [2.05, 4.69) is 15.3 Å². The summed E-state index contributed by atoms with van der Waals surface area (Å²) in [5.74, 6) is 1.67. The quantitative estimate of drug-likeness (QED) is 0.783. The number of fused-ring (bicyclic) bond motifs is 1. The van der Waals surface area contributed by atoms with Gasteiger partial charge in [-0.2, -0.15) is 4.68 Å². The maximum atomic E-state index is 5.63. The van der Waals surface area contributed by atoms with Gasteiger partial charge in [-0.25, -0.2) is 4.68 Å². The summed E-state index contributed by atoms with van der Waals surface area (Å²) in [6, 6.07) is 8.41. The van der Waals surface area contributed by atoms with Crippen molar-refractivity contribution in [3.8, 4) is 11.4 Å². The Morgan fingerprint density at radius 2 is 1.84 bits per heavy atom. The Balaban J connectivity index is 1.53. The third kappa shape index (κ3) is 3.35. The average molecular weight is 359 g/mol. The molecule has 1 aromatic heterocycles. The topological polar surface area (TPSA) is 48.1 Å². The summed E-state index contributed by atoms with van der Waals surface area (Å²) in [4.78, 5) is 2.57. The smallest absolute Gasteiger partial charge is 0.221 e. The Morgan fingerprint density at radius 1 is 1.08 bits per heavy atom. The number of likely N-dealkylation sites (tertiary alicyclic amines) is 1. The molecule has 1 aliphatic heterocycles. The zero-order valence-corrected chi connectivity index (χ0v) is 15.5. The molecule has 0 unspecified atom stereocenters. The molecule has 2 atom stereocenters. The number of nitrogens with zero attached hydrogens (tertiary/aromatic N) is 5. The molecule has 134 valence electrons. The van der Waals surface area contributed by atoms with Gasteiger partial charge in [-0.15, -0.1) is 0 Å². The number of ether oxygens (including phenoxy) is 1. The summed E-state index contributed by atoms with van der Waals surface area (Å²) in [5, 5.41) is 8.59. The van der Waals surface area contributed by atoms with E-state index in [1.165, 1.54) is 38.5 Å². The molecule has 2 heterocycles. The molecule has 1 saturated carbocycles. The first-order valence-electron chi connectivity index (χ1n) is 9.17. The molecule has 6 nitrogen and oxygen atoms in total. The van der Waals surface area contributed by atoms with E-state index in [0.29, 0.717) is 10.8 Å². The highest BCUT2D eigenvalue weighted by atomic mass is 32.1. The monoisotopic (exact) mass is 359 g/mol. The average Bonchev–Trinajstić information content (AvgIpc) is 3.03. The van der Waals surface area contributed by atoms with Crippen LogP contribution in [0.2, 0.25) is 0 Å². The van der Waals surface area contributed by atoms with E-state index in [1.807, 2.05) is 28.9 Å². The number of piperidine rings is 1. The van der Waals surface area contributed by atoms with Crippen LogP contribution >= 0.6 is 12.2 Å². The Bertz CT molecular complexity index is 767. The predicted molar refractivity (Wildman–Crippen MR) is 98.4 cm³/mol. The lowest BCUT2D eigenvalue weighted by atomic mass is 9.78. The van der Waals surface area contributed by atoms with Gasteiger partial charge < -0.3 is 4.74 Å². The standard InChI is InChI=1S/C18H25N5OS/c1-24-16-10-8-15(9-11-16)23-18(25)22(19-20-23)13-21-12-4-6-14-5-2-3-7-17(14)21/h8-11,14,17H,2-7,12-13H2,1H3/t14-,17-/m0/s1. The molecule has 7 heteroatoms. The molecule has 0 amide bonds. The molecule has 4 rings (SSSR count). The molecular formula is C18H25N5OS. The number of hydrogen-bond donors (Lipinski definition) is 0. The van der Waals surface area contributed by atoms with Crippen molar-refractivity contribution in [3.05, 3.63) is 29.0 Å². The van der Waals surface area contributed by atoms with Crippen LogP contribution in [0, 0.1) is 10.7 Å². The van der Waals surface area contributed by atoms with Crippen molar-refractivity contribution in [2.24, 2.45) is 5.92 Å². The first-order chi connectivity index (χ1) is 12.3. The summed E-state index contributed by atoms with van der Waals surface area (Å²) in [5.41, 5.74) is 0.909. The minimum atomic E-state index is 0.642. The van der Waals surface area contributed by atoms with Crippen molar-refractivity contribution >= 4 is 12.2 Å². The van der Waals surface area contributed by atoms with E-state index in [0.717, 1.165) is 30.6 Å². The molecule has 0 radical (unpaired) electrons. The second-order valence-electron chi connectivity index (χ2n) is 7.08. The van der Waals surface area contributed by atoms with Crippen LogP contribution in [0.15, 0.2) is 24.3 Å². The van der Waals surface area contributed by atoms with Gasteiger partial charge in [0, 0.05) is 12.6 Å². The fraction of sp³-hybridized carbons (Fsp3) is 0.611. The van der Waals surface area contributed by atoms with Crippen LogP contribution < -0.4 is 4.74 Å². The highest BCUT2D eigenvalue weighted by Crippen LogP contribution is 2.35. The number of tetrazole rings is 1.